The second-order valence-electron chi connectivity index (χ2n) is 2.31. The van der Waals surface area contributed by atoms with Gasteiger partial charge in [-0.05, 0) is 11.6 Å². The minimum atomic E-state index is -2.76. The van der Waals surface area contributed by atoms with Crippen LogP contribution in [0.1, 0.15) is 23.2 Å². The Labute approximate surface area is 72.6 Å². The van der Waals surface area contributed by atoms with Crippen LogP contribution in [0.2, 0.25) is 0 Å². The third-order valence-corrected chi connectivity index (χ3v) is 1.52. The van der Waals surface area contributed by atoms with Gasteiger partial charge in [0.15, 0.2) is 0 Å². The zero-order chi connectivity index (χ0) is 9.84. The number of rotatable bonds is 2. The molecular weight excluding hydrogens is 181 g/mol. The van der Waals surface area contributed by atoms with Crippen molar-refractivity contribution in [1.82, 2.24) is 4.98 Å². The number of aromatic nitrogens is 1. The smallest absolute Gasteiger partial charge is 0.246 e. The number of nitrogens with zero attached hydrogens (tertiary/aromatic N) is 2. The van der Waals surface area contributed by atoms with Gasteiger partial charge in [0.05, 0.1) is 0 Å². The third-order valence-electron chi connectivity index (χ3n) is 1.52. The summed E-state index contributed by atoms with van der Waals surface area (Å²) in [7, 11) is 0. The zero-order valence-electron chi connectivity index (χ0n) is 6.47. The van der Waals surface area contributed by atoms with Gasteiger partial charge in [0.25, 0.3) is 6.43 Å². The highest BCUT2D eigenvalue weighted by molar-refractivity contribution is 5.32. The Hall–Kier alpha value is -1.57. The summed E-state index contributed by atoms with van der Waals surface area (Å²) in [5.41, 5.74) is -0.694. The van der Waals surface area contributed by atoms with Crippen LogP contribution in [0.5, 0.6) is 0 Å². The van der Waals surface area contributed by atoms with Crippen molar-refractivity contribution in [3.8, 4) is 6.07 Å². The molecular formula is C8H5F3N2. The highest BCUT2D eigenvalue weighted by atomic mass is 19.3. The van der Waals surface area contributed by atoms with Gasteiger partial charge in [0.1, 0.15) is 18.4 Å². The number of alkyl halides is 3. The highest BCUT2D eigenvalue weighted by Gasteiger charge is 2.13. The van der Waals surface area contributed by atoms with Crippen LogP contribution >= 0.6 is 0 Å². The average Bonchev–Trinajstić information content (AvgIpc) is 2.16. The molecule has 2 nitrogen and oxygen atoms in total. The molecule has 0 radical (unpaired) electrons. The number of pyridine rings is 1. The van der Waals surface area contributed by atoms with Gasteiger partial charge in [-0.3, -0.25) is 0 Å². The van der Waals surface area contributed by atoms with E-state index in [1.54, 1.807) is 6.07 Å². The molecule has 0 aliphatic heterocycles. The van der Waals surface area contributed by atoms with E-state index in [9.17, 15) is 13.2 Å². The number of nitriles is 1. The Morgan fingerprint density at radius 3 is 2.69 bits per heavy atom. The summed E-state index contributed by atoms with van der Waals surface area (Å²) in [5.74, 6) is 0. The lowest BCUT2D eigenvalue weighted by Crippen LogP contribution is -1.96. The summed E-state index contributed by atoms with van der Waals surface area (Å²) in [4.78, 5) is 3.42. The summed E-state index contributed by atoms with van der Waals surface area (Å²) in [5, 5.41) is 8.36. The molecule has 0 unspecified atom stereocenters. The first-order valence-electron chi connectivity index (χ1n) is 3.42. The van der Waals surface area contributed by atoms with Crippen LogP contribution in [0.15, 0.2) is 12.3 Å². The summed E-state index contributed by atoms with van der Waals surface area (Å²) in [6.07, 6.45) is -1.93. The van der Waals surface area contributed by atoms with Crippen LogP contribution in [-0.2, 0) is 6.67 Å². The molecule has 0 aromatic carbocycles. The van der Waals surface area contributed by atoms with E-state index in [1.807, 2.05) is 0 Å². The van der Waals surface area contributed by atoms with Crippen LogP contribution in [0.3, 0.4) is 0 Å². The Morgan fingerprint density at radius 2 is 2.23 bits per heavy atom. The Morgan fingerprint density at radius 1 is 1.54 bits per heavy atom. The standard InChI is InChI=1S/C8H5F3N2/c9-2-5-1-6(3-12)13-4-7(5)8(10)11/h1,4,8H,2H2. The first kappa shape index (κ1) is 9.52. The van der Waals surface area contributed by atoms with E-state index in [-0.39, 0.29) is 11.3 Å². The second kappa shape index (κ2) is 3.90. The molecule has 1 aromatic heterocycles. The molecule has 0 bridgehead atoms. The largest absolute Gasteiger partial charge is 0.265 e. The van der Waals surface area contributed by atoms with Gasteiger partial charge in [-0.25, -0.2) is 18.2 Å². The Balaban J connectivity index is 3.17. The number of halogens is 3. The predicted molar refractivity (Wildman–Crippen MR) is 38.7 cm³/mol. The van der Waals surface area contributed by atoms with Gasteiger partial charge >= 0.3 is 0 Å². The molecule has 0 fully saturated rings. The lowest BCUT2D eigenvalue weighted by molar-refractivity contribution is 0.149. The van der Waals surface area contributed by atoms with E-state index >= 15 is 0 Å². The van der Waals surface area contributed by atoms with Crippen LogP contribution in [0, 0.1) is 11.3 Å². The topological polar surface area (TPSA) is 36.7 Å². The summed E-state index contributed by atoms with van der Waals surface area (Å²) in [6.45, 7) is -1.02. The first-order valence-corrected chi connectivity index (χ1v) is 3.42. The fourth-order valence-electron chi connectivity index (χ4n) is 0.881. The predicted octanol–water partition coefficient (Wildman–Crippen LogP) is 2.36. The maximum atomic E-state index is 12.2. The lowest BCUT2D eigenvalue weighted by atomic mass is 10.1. The molecule has 1 aromatic rings. The van der Waals surface area contributed by atoms with E-state index in [0.717, 1.165) is 12.3 Å². The fourth-order valence-corrected chi connectivity index (χ4v) is 0.881. The summed E-state index contributed by atoms with van der Waals surface area (Å²) < 4.78 is 36.5. The Bertz CT molecular complexity index is 344. The minimum Gasteiger partial charge on any atom is -0.246 e. The molecule has 13 heavy (non-hydrogen) atoms. The summed E-state index contributed by atoms with van der Waals surface area (Å²) in [6, 6.07) is 2.67. The van der Waals surface area contributed by atoms with Crippen LogP contribution in [-0.4, -0.2) is 4.98 Å². The fraction of sp³-hybridized carbons (Fsp3) is 0.250. The van der Waals surface area contributed by atoms with Crippen LogP contribution in [0.25, 0.3) is 0 Å². The van der Waals surface area contributed by atoms with Gasteiger partial charge in [0, 0.05) is 11.8 Å². The SMILES string of the molecule is N#Cc1cc(CF)c(C(F)F)cn1. The lowest BCUT2D eigenvalue weighted by Gasteiger charge is -2.03. The molecule has 0 amide bonds. The second-order valence-corrected chi connectivity index (χ2v) is 2.31. The van der Waals surface area contributed by atoms with Crippen molar-refractivity contribution < 1.29 is 13.2 Å². The molecule has 1 rings (SSSR count). The molecule has 0 saturated carbocycles. The zero-order valence-corrected chi connectivity index (χ0v) is 6.47. The van der Waals surface area contributed by atoms with Gasteiger partial charge in [-0.1, -0.05) is 0 Å². The van der Waals surface area contributed by atoms with Crippen molar-refractivity contribution in [1.29, 1.82) is 5.26 Å². The molecule has 0 atom stereocenters. The van der Waals surface area contributed by atoms with Crippen molar-refractivity contribution in [2.45, 2.75) is 13.1 Å². The van der Waals surface area contributed by atoms with Gasteiger partial charge in [0.2, 0.25) is 0 Å². The van der Waals surface area contributed by atoms with E-state index < -0.39 is 18.7 Å². The van der Waals surface area contributed by atoms with Crippen LogP contribution < -0.4 is 0 Å². The van der Waals surface area contributed by atoms with E-state index in [4.69, 9.17) is 5.26 Å². The average molecular weight is 186 g/mol. The molecule has 1 heterocycles. The van der Waals surface area contributed by atoms with E-state index in [1.165, 1.54) is 0 Å². The summed E-state index contributed by atoms with van der Waals surface area (Å²) >= 11 is 0. The molecule has 0 aliphatic carbocycles. The van der Waals surface area contributed by atoms with E-state index in [2.05, 4.69) is 4.98 Å². The minimum absolute atomic E-state index is 0.0583. The molecule has 0 aliphatic rings. The van der Waals surface area contributed by atoms with E-state index in [0.29, 0.717) is 0 Å². The normalized spacial score (nSPS) is 10.1. The monoisotopic (exact) mass is 186 g/mol. The molecule has 68 valence electrons. The molecule has 0 N–H and O–H groups in total. The maximum Gasteiger partial charge on any atom is 0.265 e. The quantitative estimate of drug-likeness (QED) is 0.710. The van der Waals surface area contributed by atoms with Gasteiger partial charge < -0.3 is 0 Å². The maximum absolute atomic E-state index is 12.2. The molecule has 0 spiro atoms. The number of hydrogen-bond donors (Lipinski definition) is 0. The van der Waals surface area contributed by atoms with Crippen molar-refractivity contribution in [2.75, 3.05) is 0 Å². The number of hydrogen-bond acceptors (Lipinski definition) is 2. The molecule has 5 heteroatoms. The molecule has 0 saturated heterocycles. The van der Waals surface area contributed by atoms with Crippen molar-refractivity contribution in [3.05, 3.63) is 29.1 Å². The Kier molecular flexibility index (Phi) is 2.85. The van der Waals surface area contributed by atoms with Gasteiger partial charge in [-0.15, -0.1) is 0 Å². The highest BCUT2D eigenvalue weighted by Crippen LogP contribution is 2.23. The van der Waals surface area contributed by atoms with Gasteiger partial charge in [-0.2, -0.15) is 5.26 Å². The first-order chi connectivity index (χ1) is 6.19. The third kappa shape index (κ3) is 1.96. The van der Waals surface area contributed by atoms with Crippen molar-refractivity contribution in [3.63, 3.8) is 0 Å². The van der Waals surface area contributed by atoms with Crippen LogP contribution in [0.4, 0.5) is 13.2 Å². The van der Waals surface area contributed by atoms with Crippen molar-refractivity contribution >= 4 is 0 Å². The van der Waals surface area contributed by atoms with Crippen molar-refractivity contribution in [2.24, 2.45) is 0 Å².